The molecular weight excluding hydrogens is 492 g/mol. The Morgan fingerprint density at radius 2 is 1.54 bits per heavy atom. The first kappa shape index (κ1) is 31.2. The fraction of sp³-hybridized carbons (Fsp3) is 0.355. The van der Waals surface area contributed by atoms with Gasteiger partial charge in [0.15, 0.2) is 22.9 Å². The van der Waals surface area contributed by atoms with Crippen LogP contribution in [-0.4, -0.2) is 46.4 Å². The van der Waals surface area contributed by atoms with Crippen molar-refractivity contribution in [3.63, 3.8) is 0 Å². The molecule has 0 saturated heterocycles. The van der Waals surface area contributed by atoms with Gasteiger partial charge in [0, 0.05) is 30.7 Å². The van der Waals surface area contributed by atoms with Crippen LogP contribution in [-0.2, 0) is 4.79 Å². The Labute approximate surface area is 231 Å². The Bertz CT molecular complexity index is 1340. The molecule has 0 saturated carbocycles. The fourth-order valence-electron chi connectivity index (χ4n) is 3.56. The number of methoxy groups -OCH3 is 2. The Balaban J connectivity index is 0.000000291. The number of fused-ring (bicyclic) bond motifs is 1. The number of carbonyl (C=O) groups is 2. The molecule has 39 heavy (non-hydrogen) atoms. The van der Waals surface area contributed by atoms with Gasteiger partial charge in [-0.25, -0.2) is 9.50 Å². The summed E-state index contributed by atoms with van der Waals surface area (Å²) in [6.45, 7) is 9.68. The molecule has 0 aliphatic carbocycles. The third-order valence-electron chi connectivity index (χ3n) is 5.87. The van der Waals surface area contributed by atoms with E-state index in [-0.39, 0.29) is 17.6 Å². The molecule has 0 radical (unpaired) electrons. The second kappa shape index (κ2) is 15.4. The maximum atomic E-state index is 12.1. The van der Waals surface area contributed by atoms with Crippen LogP contribution in [0.2, 0.25) is 0 Å². The van der Waals surface area contributed by atoms with Gasteiger partial charge in [-0.05, 0) is 51.5 Å². The second-order valence-corrected chi connectivity index (χ2v) is 9.14. The standard InChI is InChI=1S/C18H19N3O3.C8H10.C5H11NO/c1-4-5-15(22)13-11-18-19-9-8-14(21(18)20-13)12-6-7-16(23-2)17(10-12)24-3;1-7-3-5-8(2)6-4-7;1-3-5(7)4(2)6/h6-11H,4-5H2,1-3H3;3-6H,1-2H3;4H,3,6H2,1-2H3. The van der Waals surface area contributed by atoms with Crippen LogP contribution in [0, 0.1) is 13.8 Å². The maximum Gasteiger partial charge on any atom is 0.183 e. The maximum absolute atomic E-state index is 12.1. The number of aryl methyl sites for hydroxylation is 2. The first-order valence-corrected chi connectivity index (χ1v) is 13.1. The van der Waals surface area contributed by atoms with Gasteiger partial charge in [-0.15, -0.1) is 0 Å². The van der Waals surface area contributed by atoms with E-state index in [4.69, 9.17) is 15.2 Å². The van der Waals surface area contributed by atoms with E-state index < -0.39 is 0 Å². The van der Waals surface area contributed by atoms with Gasteiger partial charge in [-0.2, -0.15) is 5.10 Å². The van der Waals surface area contributed by atoms with Crippen LogP contribution in [0.4, 0.5) is 0 Å². The molecule has 2 aromatic heterocycles. The van der Waals surface area contributed by atoms with Crippen molar-refractivity contribution in [1.29, 1.82) is 0 Å². The highest BCUT2D eigenvalue weighted by Crippen LogP contribution is 2.32. The van der Waals surface area contributed by atoms with Gasteiger partial charge in [0.05, 0.1) is 26.0 Å². The van der Waals surface area contributed by atoms with Gasteiger partial charge in [0.2, 0.25) is 0 Å². The van der Waals surface area contributed by atoms with Gasteiger partial charge >= 0.3 is 0 Å². The third-order valence-corrected chi connectivity index (χ3v) is 5.87. The van der Waals surface area contributed by atoms with Crippen molar-refractivity contribution >= 4 is 17.2 Å². The number of ketones is 2. The first-order valence-electron chi connectivity index (χ1n) is 13.1. The molecule has 0 aliphatic rings. The van der Waals surface area contributed by atoms with Crippen LogP contribution in [0.25, 0.3) is 16.9 Å². The van der Waals surface area contributed by atoms with Crippen molar-refractivity contribution in [2.75, 3.05) is 14.2 Å². The minimum atomic E-state index is -0.273. The summed E-state index contributed by atoms with van der Waals surface area (Å²) in [5.74, 6) is 1.45. The quantitative estimate of drug-likeness (QED) is 0.277. The van der Waals surface area contributed by atoms with Gasteiger partial charge in [-0.1, -0.05) is 49.2 Å². The lowest BCUT2D eigenvalue weighted by Gasteiger charge is -2.10. The Morgan fingerprint density at radius 1 is 0.923 bits per heavy atom. The molecule has 0 aliphatic heterocycles. The van der Waals surface area contributed by atoms with Crippen LogP contribution in [0.1, 0.15) is 61.6 Å². The van der Waals surface area contributed by atoms with Gasteiger partial charge in [0.25, 0.3) is 0 Å². The zero-order valence-electron chi connectivity index (χ0n) is 24.0. The van der Waals surface area contributed by atoms with E-state index in [1.807, 2.05) is 38.1 Å². The lowest BCUT2D eigenvalue weighted by Crippen LogP contribution is -2.25. The lowest BCUT2D eigenvalue weighted by atomic mass is 10.1. The molecular formula is C31H40N4O4. The molecule has 8 nitrogen and oxygen atoms in total. The van der Waals surface area contributed by atoms with Crippen molar-refractivity contribution in [3.8, 4) is 22.8 Å². The summed E-state index contributed by atoms with van der Waals surface area (Å²) in [5.41, 5.74) is 10.7. The highest BCUT2D eigenvalue weighted by molar-refractivity contribution is 5.95. The predicted octanol–water partition coefficient (Wildman–Crippen LogP) is 6.01. The van der Waals surface area contributed by atoms with Gasteiger partial charge in [-0.3, -0.25) is 9.59 Å². The summed E-state index contributed by atoms with van der Waals surface area (Å²) in [6.07, 6.45) is 3.53. The smallest absolute Gasteiger partial charge is 0.183 e. The first-order chi connectivity index (χ1) is 18.6. The normalized spacial score (nSPS) is 11.0. The molecule has 8 heteroatoms. The van der Waals surface area contributed by atoms with Crippen molar-refractivity contribution in [2.45, 2.75) is 59.9 Å². The summed E-state index contributed by atoms with van der Waals surface area (Å²) in [7, 11) is 3.19. The van der Waals surface area contributed by atoms with E-state index in [1.54, 1.807) is 37.9 Å². The van der Waals surface area contributed by atoms with E-state index in [0.29, 0.717) is 35.7 Å². The van der Waals surface area contributed by atoms with Crippen molar-refractivity contribution in [1.82, 2.24) is 14.6 Å². The molecule has 4 aromatic rings. The topological polar surface area (TPSA) is 109 Å². The van der Waals surface area contributed by atoms with Crippen molar-refractivity contribution < 1.29 is 19.1 Å². The molecule has 2 N–H and O–H groups in total. The number of Topliss-reactive ketones (excluding diaryl/α,β-unsaturated/α-hetero) is 2. The zero-order chi connectivity index (χ0) is 28.9. The summed E-state index contributed by atoms with van der Waals surface area (Å²) in [5, 5.41) is 4.44. The van der Waals surface area contributed by atoms with E-state index in [1.165, 1.54) is 11.1 Å². The number of nitrogens with two attached hydrogens (primary N) is 1. The minimum Gasteiger partial charge on any atom is -0.493 e. The third kappa shape index (κ3) is 9.04. The van der Waals surface area contributed by atoms with Crippen LogP contribution >= 0.6 is 0 Å². The Kier molecular flexibility index (Phi) is 12.3. The lowest BCUT2D eigenvalue weighted by molar-refractivity contribution is -0.119. The van der Waals surface area contributed by atoms with E-state index >= 15 is 0 Å². The number of ether oxygens (including phenoxy) is 2. The molecule has 0 spiro atoms. The molecule has 0 amide bonds. The van der Waals surface area contributed by atoms with Crippen molar-refractivity contribution in [3.05, 3.63) is 77.6 Å². The number of hydrogen-bond acceptors (Lipinski definition) is 7. The Hall–Kier alpha value is -4.04. The molecule has 1 unspecified atom stereocenters. The van der Waals surface area contributed by atoms with Crippen LogP contribution in [0.15, 0.2) is 60.8 Å². The summed E-state index contributed by atoms with van der Waals surface area (Å²) in [4.78, 5) is 26.8. The van der Waals surface area contributed by atoms with Crippen molar-refractivity contribution in [2.24, 2.45) is 5.73 Å². The molecule has 2 aromatic carbocycles. The SMILES string of the molecule is CCC(=O)C(C)N.CCCC(=O)c1cc2nccc(-c3ccc(OC)c(OC)c3)n2n1.Cc1ccc(C)cc1. The number of benzene rings is 2. The van der Waals surface area contributed by atoms with Crippen LogP contribution < -0.4 is 15.2 Å². The van der Waals surface area contributed by atoms with Crippen LogP contribution in [0.3, 0.4) is 0 Å². The van der Waals surface area contributed by atoms with E-state index in [9.17, 15) is 9.59 Å². The summed E-state index contributed by atoms with van der Waals surface area (Å²) >= 11 is 0. The van der Waals surface area contributed by atoms with Gasteiger partial charge < -0.3 is 15.2 Å². The van der Waals surface area contributed by atoms with E-state index in [0.717, 1.165) is 17.7 Å². The molecule has 2 heterocycles. The number of rotatable bonds is 8. The summed E-state index contributed by atoms with van der Waals surface area (Å²) in [6, 6.07) is 17.4. The fourth-order valence-corrected chi connectivity index (χ4v) is 3.56. The molecule has 0 bridgehead atoms. The molecule has 208 valence electrons. The summed E-state index contributed by atoms with van der Waals surface area (Å²) < 4.78 is 12.3. The molecule has 1 atom stereocenters. The van der Waals surface area contributed by atoms with E-state index in [2.05, 4.69) is 48.2 Å². The number of carbonyl (C=O) groups excluding carboxylic acids is 2. The highest BCUT2D eigenvalue weighted by atomic mass is 16.5. The van der Waals surface area contributed by atoms with Crippen LogP contribution in [0.5, 0.6) is 11.5 Å². The highest BCUT2D eigenvalue weighted by Gasteiger charge is 2.14. The minimum absolute atomic E-state index is 0.0289. The average molecular weight is 533 g/mol. The zero-order valence-corrected chi connectivity index (χ0v) is 24.0. The predicted molar refractivity (Wildman–Crippen MR) is 156 cm³/mol. The monoisotopic (exact) mass is 532 g/mol. The second-order valence-electron chi connectivity index (χ2n) is 9.14. The molecule has 0 fully saturated rings. The average Bonchev–Trinajstić information content (AvgIpc) is 3.39. The number of aromatic nitrogens is 3. The largest absolute Gasteiger partial charge is 0.493 e. The number of hydrogen-bond donors (Lipinski definition) is 1. The van der Waals surface area contributed by atoms with Gasteiger partial charge in [0.1, 0.15) is 11.5 Å². The molecule has 4 rings (SSSR count). The Morgan fingerprint density at radius 3 is 2.03 bits per heavy atom. The number of nitrogens with zero attached hydrogens (tertiary/aromatic N) is 3.